The first-order valence-corrected chi connectivity index (χ1v) is 4.98. The van der Waals surface area contributed by atoms with E-state index in [0.717, 1.165) is 11.1 Å². The second-order valence-electron chi connectivity index (χ2n) is 2.35. The zero-order valence-electron chi connectivity index (χ0n) is 7.30. The zero-order chi connectivity index (χ0) is 10.1. The number of hydrogen-bond acceptors (Lipinski definition) is 0. The molecule has 0 aromatic heterocycles. The summed E-state index contributed by atoms with van der Waals surface area (Å²) in [6, 6.07) is 0. The SMILES string of the molecule is CC(=CCl)CCl.CC(C)=C(Cl)Cl. The summed E-state index contributed by atoms with van der Waals surface area (Å²) in [5, 5.41) is 0. The third-order valence-electron chi connectivity index (χ3n) is 0.775. The lowest BCUT2D eigenvalue weighted by molar-refractivity contribution is 1.40. The van der Waals surface area contributed by atoms with Crippen LogP contribution in [-0.4, -0.2) is 5.88 Å². The average molecular weight is 250 g/mol. The maximum Gasteiger partial charge on any atom is 0.105 e. The minimum absolute atomic E-state index is 0.370. The van der Waals surface area contributed by atoms with Crippen LogP contribution in [0.4, 0.5) is 0 Å². The van der Waals surface area contributed by atoms with Gasteiger partial charge in [-0.2, -0.15) is 0 Å². The van der Waals surface area contributed by atoms with Crippen molar-refractivity contribution in [3.8, 4) is 0 Å². The van der Waals surface area contributed by atoms with Crippen molar-refractivity contribution in [3.05, 3.63) is 21.2 Å². The van der Waals surface area contributed by atoms with Gasteiger partial charge in [-0.05, 0) is 31.9 Å². The first kappa shape index (κ1) is 15.1. The van der Waals surface area contributed by atoms with Crippen LogP contribution in [0.1, 0.15) is 20.8 Å². The van der Waals surface area contributed by atoms with E-state index in [-0.39, 0.29) is 0 Å². The Balaban J connectivity index is 0. The van der Waals surface area contributed by atoms with E-state index in [0.29, 0.717) is 10.4 Å². The molecule has 0 radical (unpaired) electrons. The third kappa shape index (κ3) is 13.2. The van der Waals surface area contributed by atoms with E-state index in [1.807, 2.05) is 20.8 Å². The normalized spacial score (nSPS) is 10.1. The summed E-state index contributed by atoms with van der Waals surface area (Å²) in [7, 11) is 0. The third-order valence-corrected chi connectivity index (χ3v) is 2.33. The smallest absolute Gasteiger partial charge is 0.105 e. The fourth-order valence-electron chi connectivity index (χ4n) is 0.0292. The summed E-state index contributed by atoms with van der Waals surface area (Å²) < 4.78 is 0.370. The lowest BCUT2D eigenvalue weighted by Crippen LogP contribution is -1.68. The Bertz CT molecular complexity index is 152. The van der Waals surface area contributed by atoms with Crippen LogP contribution < -0.4 is 0 Å². The molecule has 0 rings (SSSR count). The monoisotopic (exact) mass is 248 g/mol. The predicted octanol–water partition coefficient (Wildman–Crippen LogP) is 5.08. The Morgan fingerprint density at radius 3 is 1.50 bits per heavy atom. The lowest BCUT2D eigenvalue weighted by atomic mass is 10.4. The molecule has 0 spiro atoms. The molecule has 0 atom stereocenters. The van der Waals surface area contributed by atoms with Gasteiger partial charge in [0.1, 0.15) is 4.49 Å². The highest BCUT2D eigenvalue weighted by molar-refractivity contribution is 6.56. The van der Waals surface area contributed by atoms with Gasteiger partial charge in [0.15, 0.2) is 0 Å². The van der Waals surface area contributed by atoms with Crippen LogP contribution in [0.5, 0.6) is 0 Å². The van der Waals surface area contributed by atoms with Crippen LogP contribution >= 0.6 is 46.4 Å². The highest BCUT2D eigenvalue weighted by atomic mass is 35.5. The topological polar surface area (TPSA) is 0 Å². The first-order chi connectivity index (χ1) is 5.45. The Labute approximate surface area is 94.1 Å². The van der Waals surface area contributed by atoms with Gasteiger partial charge < -0.3 is 0 Å². The standard InChI is InChI=1S/2C4H6Cl2/c1-4(2-5)3-6;1-3(2)4(5)6/h2H,3H2,1H3;1-2H3. The summed E-state index contributed by atoms with van der Waals surface area (Å²) in [6.45, 7) is 5.59. The quantitative estimate of drug-likeness (QED) is 0.569. The lowest BCUT2D eigenvalue weighted by Gasteiger charge is -1.82. The van der Waals surface area contributed by atoms with E-state index < -0.39 is 0 Å². The van der Waals surface area contributed by atoms with Crippen molar-refractivity contribution >= 4 is 46.4 Å². The van der Waals surface area contributed by atoms with Crippen LogP contribution in [0.3, 0.4) is 0 Å². The predicted molar refractivity (Wildman–Crippen MR) is 60.4 cm³/mol. The van der Waals surface area contributed by atoms with Crippen LogP contribution in [0.2, 0.25) is 0 Å². The molecule has 0 heterocycles. The first-order valence-electron chi connectivity index (χ1n) is 3.26. The van der Waals surface area contributed by atoms with Gasteiger partial charge in [0.05, 0.1) is 0 Å². The molecular formula is C8H12Cl4. The van der Waals surface area contributed by atoms with Crippen molar-refractivity contribution in [2.24, 2.45) is 0 Å². The van der Waals surface area contributed by atoms with Gasteiger partial charge >= 0.3 is 0 Å². The highest BCUT2D eigenvalue weighted by Gasteiger charge is 1.81. The van der Waals surface area contributed by atoms with Gasteiger partial charge in [0, 0.05) is 11.4 Å². The molecule has 0 aliphatic heterocycles. The van der Waals surface area contributed by atoms with E-state index in [1.54, 1.807) is 0 Å². The number of rotatable bonds is 1. The van der Waals surface area contributed by atoms with Gasteiger partial charge in [-0.1, -0.05) is 34.8 Å². The summed E-state index contributed by atoms with van der Waals surface area (Å²) in [6.07, 6.45) is 0. The van der Waals surface area contributed by atoms with E-state index in [2.05, 4.69) is 0 Å². The number of halogens is 4. The van der Waals surface area contributed by atoms with Gasteiger partial charge in [-0.3, -0.25) is 0 Å². The minimum atomic E-state index is 0.370. The van der Waals surface area contributed by atoms with E-state index in [9.17, 15) is 0 Å². The van der Waals surface area contributed by atoms with E-state index in [1.165, 1.54) is 5.54 Å². The van der Waals surface area contributed by atoms with Crippen LogP contribution in [0, 0.1) is 0 Å². The molecule has 0 nitrogen and oxygen atoms in total. The van der Waals surface area contributed by atoms with E-state index in [4.69, 9.17) is 46.4 Å². The van der Waals surface area contributed by atoms with Crippen LogP contribution in [-0.2, 0) is 0 Å². The van der Waals surface area contributed by atoms with Crippen molar-refractivity contribution in [2.45, 2.75) is 20.8 Å². The Morgan fingerprint density at radius 2 is 1.50 bits per heavy atom. The molecule has 0 aliphatic carbocycles. The van der Waals surface area contributed by atoms with Gasteiger partial charge in [-0.15, -0.1) is 11.6 Å². The minimum Gasteiger partial charge on any atom is -0.122 e. The summed E-state index contributed by atoms with van der Waals surface area (Å²) >= 11 is 21.0. The molecule has 72 valence electrons. The zero-order valence-corrected chi connectivity index (χ0v) is 10.3. The molecular weight excluding hydrogens is 238 g/mol. The van der Waals surface area contributed by atoms with Gasteiger partial charge in [-0.25, -0.2) is 0 Å². The largest absolute Gasteiger partial charge is 0.122 e. The highest BCUT2D eigenvalue weighted by Crippen LogP contribution is 2.11. The molecule has 0 saturated heterocycles. The maximum atomic E-state index is 5.30. The molecule has 4 heteroatoms. The number of alkyl halides is 1. The second kappa shape index (κ2) is 9.73. The number of hydrogen-bond donors (Lipinski definition) is 0. The summed E-state index contributed by atoms with van der Waals surface area (Å²) in [5.41, 5.74) is 3.43. The van der Waals surface area contributed by atoms with Crippen LogP contribution in [0.15, 0.2) is 21.2 Å². The van der Waals surface area contributed by atoms with Crippen molar-refractivity contribution in [1.82, 2.24) is 0 Å². The Hall–Kier alpha value is 0.640. The second-order valence-corrected chi connectivity index (χ2v) is 3.78. The van der Waals surface area contributed by atoms with Gasteiger partial charge in [0.2, 0.25) is 0 Å². The molecule has 12 heavy (non-hydrogen) atoms. The molecule has 0 amide bonds. The number of allylic oxidation sites excluding steroid dienone is 2. The Morgan fingerprint density at radius 1 is 1.17 bits per heavy atom. The fraction of sp³-hybridized carbons (Fsp3) is 0.500. The molecule has 0 aromatic carbocycles. The van der Waals surface area contributed by atoms with Crippen molar-refractivity contribution in [3.63, 3.8) is 0 Å². The molecule has 0 aliphatic rings. The van der Waals surface area contributed by atoms with Crippen molar-refractivity contribution in [1.29, 1.82) is 0 Å². The Kier molecular flexibility index (Phi) is 12.3. The van der Waals surface area contributed by atoms with Crippen molar-refractivity contribution < 1.29 is 0 Å². The van der Waals surface area contributed by atoms with Crippen LogP contribution in [0.25, 0.3) is 0 Å². The molecule has 0 unspecified atom stereocenters. The summed E-state index contributed by atoms with van der Waals surface area (Å²) in [4.78, 5) is 0. The molecule has 0 fully saturated rings. The van der Waals surface area contributed by atoms with Gasteiger partial charge in [0.25, 0.3) is 0 Å². The molecule has 0 bridgehead atoms. The van der Waals surface area contributed by atoms with E-state index >= 15 is 0 Å². The summed E-state index contributed by atoms with van der Waals surface area (Å²) in [5.74, 6) is 0.531. The fourth-order valence-corrected chi connectivity index (χ4v) is 0.262. The molecule has 0 aromatic rings. The molecule has 0 N–H and O–H groups in total. The molecule has 0 saturated carbocycles. The maximum absolute atomic E-state index is 5.30. The van der Waals surface area contributed by atoms with Crippen molar-refractivity contribution in [2.75, 3.05) is 5.88 Å². The average Bonchev–Trinajstić information content (AvgIpc) is 2.04.